The molecule has 0 aromatic heterocycles. The highest BCUT2D eigenvalue weighted by molar-refractivity contribution is 5.97. The average Bonchev–Trinajstić information content (AvgIpc) is 2.87. The molecule has 1 aromatic rings. The first-order valence-electron chi connectivity index (χ1n) is 7.69. The first kappa shape index (κ1) is 13.5. The van der Waals surface area contributed by atoms with Gasteiger partial charge in [-0.05, 0) is 55.7 Å². The Balaban J connectivity index is 1.69. The fourth-order valence-corrected chi connectivity index (χ4v) is 3.80. The Morgan fingerprint density at radius 1 is 1.15 bits per heavy atom. The molecule has 0 atom stereocenters. The summed E-state index contributed by atoms with van der Waals surface area (Å²) in [4.78, 5) is 14.4. The van der Waals surface area contributed by atoms with Crippen LogP contribution in [0.25, 0.3) is 0 Å². The van der Waals surface area contributed by atoms with Crippen molar-refractivity contribution in [3.05, 3.63) is 29.3 Å². The molecule has 108 valence electrons. The first-order chi connectivity index (χ1) is 9.60. The van der Waals surface area contributed by atoms with E-state index in [0.29, 0.717) is 11.0 Å². The number of nitrogens with zero attached hydrogens (tertiary/aromatic N) is 1. The average molecular weight is 273 g/mol. The van der Waals surface area contributed by atoms with Crippen LogP contribution in [0, 0.1) is 12.3 Å². The fourth-order valence-electron chi connectivity index (χ4n) is 3.80. The third kappa shape index (κ3) is 2.41. The van der Waals surface area contributed by atoms with Crippen LogP contribution in [-0.2, 0) is 0 Å². The topological polar surface area (TPSA) is 40.5 Å². The third-order valence-corrected chi connectivity index (χ3v) is 5.16. The van der Waals surface area contributed by atoms with Crippen LogP contribution in [0.5, 0.6) is 5.75 Å². The number of likely N-dealkylation sites (tertiary alicyclic amines) is 1. The van der Waals surface area contributed by atoms with E-state index in [9.17, 15) is 9.90 Å². The standard InChI is InChI=1S/C17H23NO2/c1-13-4-5-14(15(19)12-13)16(20)18-10-8-17(9-11-18)6-2-3-7-17/h4-5,12,19H,2-3,6-11H2,1H3. The Bertz CT molecular complexity index is 508. The van der Waals surface area contributed by atoms with Crippen LogP contribution in [-0.4, -0.2) is 29.0 Å². The molecule has 20 heavy (non-hydrogen) atoms. The van der Waals surface area contributed by atoms with Crippen LogP contribution in [0.3, 0.4) is 0 Å². The zero-order valence-electron chi connectivity index (χ0n) is 12.2. The molecule has 1 saturated heterocycles. The molecule has 2 fully saturated rings. The van der Waals surface area contributed by atoms with Crippen LogP contribution in [0.1, 0.15) is 54.4 Å². The lowest BCUT2D eigenvalue weighted by atomic mass is 9.77. The van der Waals surface area contributed by atoms with Crippen LogP contribution < -0.4 is 0 Å². The smallest absolute Gasteiger partial charge is 0.257 e. The highest BCUT2D eigenvalue weighted by atomic mass is 16.3. The van der Waals surface area contributed by atoms with Crippen molar-refractivity contribution in [3.8, 4) is 5.75 Å². The maximum absolute atomic E-state index is 12.5. The summed E-state index contributed by atoms with van der Waals surface area (Å²) in [6.07, 6.45) is 7.64. The molecule has 0 unspecified atom stereocenters. The molecular formula is C17H23NO2. The molecule has 2 aliphatic rings. The van der Waals surface area contributed by atoms with Gasteiger partial charge in [0.1, 0.15) is 5.75 Å². The van der Waals surface area contributed by atoms with Gasteiger partial charge in [0.15, 0.2) is 0 Å². The number of phenols is 1. The van der Waals surface area contributed by atoms with Crippen molar-refractivity contribution in [1.29, 1.82) is 0 Å². The van der Waals surface area contributed by atoms with E-state index >= 15 is 0 Å². The van der Waals surface area contributed by atoms with E-state index in [0.717, 1.165) is 31.5 Å². The van der Waals surface area contributed by atoms with E-state index in [1.54, 1.807) is 12.1 Å². The van der Waals surface area contributed by atoms with Gasteiger partial charge < -0.3 is 10.0 Å². The summed E-state index contributed by atoms with van der Waals surface area (Å²) < 4.78 is 0. The molecule has 0 radical (unpaired) electrons. The van der Waals surface area contributed by atoms with Gasteiger partial charge in [-0.2, -0.15) is 0 Å². The number of hydrogen-bond donors (Lipinski definition) is 1. The second-order valence-corrected chi connectivity index (χ2v) is 6.52. The van der Waals surface area contributed by atoms with Crippen molar-refractivity contribution in [2.45, 2.75) is 45.4 Å². The Morgan fingerprint density at radius 2 is 1.80 bits per heavy atom. The molecule has 3 nitrogen and oxygen atoms in total. The van der Waals surface area contributed by atoms with Crippen molar-refractivity contribution in [2.75, 3.05) is 13.1 Å². The lowest BCUT2D eigenvalue weighted by Crippen LogP contribution is -2.42. The molecule has 1 amide bonds. The minimum Gasteiger partial charge on any atom is -0.507 e. The van der Waals surface area contributed by atoms with Crippen LogP contribution in [0.2, 0.25) is 0 Å². The second kappa shape index (κ2) is 5.12. The number of aromatic hydroxyl groups is 1. The first-order valence-corrected chi connectivity index (χ1v) is 7.69. The highest BCUT2D eigenvalue weighted by Gasteiger charge is 2.38. The molecule has 1 aliphatic heterocycles. The predicted molar refractivity (Wildman–Crippen MR) is 78.9 cm³/mol. The Labute approximate surface area is 120 Å². The van der Waals surface area contributed by atoms with Crippen molar-refractivity contribution in [2.24, 2.45) is 5.41 Å². The van der Waals surface area contributed by atoms with E-state index in [1.807, 2.05) is 17.9 Å². The van der Waals surface area contributed by atoms with Gasteiger partial charge in [0, 0.05) is 13.1 Å². The number of carbonyl (C=O) groups excluding carboxylic acids is 1. The molecule has 1 N–H and O–H groups in total. The predicted octanol–water partition coefficient (Wildman–Crippen LogP) is 3.50. The SMILES string of the molecule is Cc1ccc(C(=O)N2CCC3(CCCC3)CC2)c(O)c1. The summed E-state index contributed by atoms with van der Waals surface area (Å²) in [5.74, 6) is 0.0894. The van der Waals surface area contributed by atoms with Gasteiger partial charge in [-0.25, -0.2) is 0 Å². The van der Waals surface area contributed by atoms with Gasteiger partial charge in [0.25, 0.3) is 5.91 Å². The summed E-state index contributed by atoms with van der Waals surface area (Å²) in [5, 5.41) is 9.95. The summed E-state index contributed by atoms with van der Waals surface area (Å²) in [6, 6.07) is 5.29. The maximum atomic E-state index is 12.5. The molecule has 1 heterocycles. The van der Waals surface area contributed by atoms with E-state index in [2.05, 4.69) is 0 Å². The Kier molecular flexibility index (Phi) is 3.45. The number of amides is 1. The molecular weight excluding hydrogens is 250 g/mol. The van der Waals surface area contributed by atoms with Crippen molar-refractivity contribution in [1.82, 2.24) is 4.90 Å². The van der Waals surface area contributed by atoms with Crippen LogP contribution in [0.4, 0.5) is 0 Å². The van der Waals surface area contributed by atoms with Crippen molar-refractivity contribution in [3.63, 3.8) is 0 Å². The third-order valence-electron chi connectivity index (χ3n) is 5.16. The lowest BCUT2D eigenvalue weighted by Gasteiger charge is -2.39. The van der Waals surface area contributed by atoms with E-state index in [4.69, 9.17) is 0 Å². The largest absolute Gasteiger partial charge is 0.507 e. The quantitative estimate of drug-likeness (QED) is 0.850. The number of carbonyl (C=O) groups is 1. The van der Waals surface area contributed by atoms with Gasteiger partial charge >= 0.3 is 0 Å². The molecule has 1 aromatic carbocycles. The van der Waals surface area contributed by atoms with E-state index in [1.165, 1.54) is 25.7 Å². The maximum Gasteiger partial charge on any atom is 0.257 e. The second-order valence-electron chi connectivity index (χ2n) is 6.52. The number of piperidine rings is 1. The Hall–Kier alpha value is -1.51. The molecule has 1 aliphatic carbocycles. The highest BCUT2D eigenvalue weighted by Crippen LogP contribution is 2.46. The molecule has 0 bridgehead atoms. The number of hydrogen-bond acceptors (Lipinski definition) is 2. The van der Waals surface area contributed by atoms with Crippen molar-refractivity contribution < 1.29 is 9.90 Å². The minimum absolute atomic E-state index is 0.0182. The summed E-state index contributed by atoms with van der Waals surface area (Å²) in [7, 11) is 0. The monoisotopic (exact) mass is 273 g/mol. The summed E-state index contributed by atoms with van der Waals surface area (Å²) in [6.45, 7) is 3.59. The molecule has 1 saturated carbocycles. The molecule has 3 rings (SSSR count). The van der Waals surface area contributed by atoms with Crippen LogP contribution >= 0.6 is 0 Å². The number of rotatable bonds is 1. The summed E-state index contributed by atoms with van der Waals surface area (Å²) in [5.41, 5.74) is 1.94. The van der Waals surface area contributed by atoms with Gasteiger partial charge in [0.2, 0.25) is 0 Å². The number of phenolic OH excluding ortho intramolecular Hbond substituents is 1. The lowest BCUT2D eigenvalue weighted by molar-refractivity contribution is 0.0585. The fraction of sp³-hybridized carbons (Fsp3) is 0.588. The van der Waals surface area contributed by atoms with E-state index < -0.39 is 0 Å². The molecule has 3 heteroatoms. The van der Waals surface area contributed by atoms with E-state index in [-0.39, 0.29) is 11.7 Å². The van der Waals surface area contributed by atoms with Gasteiger partial charge in [-0.15, -0.1) is 0 Å². The summed E-state index contributed by atoms with van der Waals surface area (Å²) >= 11 is 0. The minimum atomic E-state index is -0.0182. The van der Waals surface area contributed by atoms with Gasteiger partial charge in [-0.1, -0.05) is 18.9 Å². The number of aryl methyl sites for hydroxylation is 1. The zero-order valence-corrected chi connectivity index (χ0v) is 12.2. The molecule has 1 spiro atoms. The van der Waals surface area contributed by atoms with Gasteiger partial charge in [0.05, 0.1) is 5.56 Å². The number of benzene rings is 1. The Morgan fingerprint density at radius 3 is 2.40 bits per heavy atom. The van der Waals surface area contributed by atoms with Crippen LogP contribution in [0.15, 0.2) is 18.2 Å². The van der Waals surface area contributed by atoms with Gasteiger partial charge in [-0.3, -0.25) is 4.79 Å². The van der Waals surface area contributed by atoms with Crippen molar-refractivity contribution >= 4 is 5.91 Å². The zero-order chi connectivity index (χ0) is 14.2. The normalized spacial score (nSPS) is 21.4.